The van der Waals surface area contributed by atoms with E-state index in [1.165, 1.54) is 38.9 Å². The summed E-state index contributed by atoms with van der Waals surface area (Å²) in [6, 6.07) is 1.77. The first-order chi connectivity index (χ1) is 6.81. The van der Waals surface area contributed by atoms with Gasteiger partial charge in [0.25, 0.3) is 0 Å². The van der Waals surface area contributed by atoms with Crippen LogP contribution in [-0.4, -0.2) is 48.6 Å². The molecule has 2 rings (SSSR count). The molecule has 0 spiro atoms. The Labute approximate surface area is 89.3 Å². The van der Waals surface area contributed by atoms with Crippen molar-refractivity contribution in [3.63, 3.8) is 0 Å². The fourth-order valence-corrected chi connectivity index (χ4v) is 2.82. The minimum Gasteiger partial charge on any atom is -0.303 e. The van der Waals surface area contributed by atoms with Crippen molar-refractivity contribution < 1.29 is 0 Å². The van der Waals surface area contributed by atoms with Gasteiger partial charge in [0, 0.05) is 25.2 Å². The lowest BCUT2D eigenvalue weighted by atomic mass is 10.2. The van der Waals surface area contributed by atoms with E-state index in [-0.39, 0.29) is 0 Å². The smallest absolute Gasteiger partial charge is 0.0227 e. The molecule has 0 radical (unpaired) electrons. The minimum atomic E-state index is 0.883. The molecule has 0 amide bonds. The van der Waals surface area contributed by atoms with Gasteiger partial charge in [0.15, 0.2) is 0 Å². The Morgan fingerprint density at radius 3 is 2.00 bits per heavy atom. The van der Waals surface area contributed by atoms with E-state index in [1.54, 1.807) is 0 Å². The number of hydrogen-bond donors (Lipinski definition) is 0. The van der Waals surface area contributed by atoms with Crippen LogP contribution in [0.4, 0.5) is 0 Å². The zero-order chi connectivity index (χ0) is 10.6. The molecule has 2 fully saturated rings. The minimum absolute atomic E-state index is 0.883. The highest BCUT2D eigenvalue weighted by Gasteiger charge is 2.37. The van der Waals surface area contributed by atoms with E-state index >= 15 is 0 Å². The topological polar surface area (TPSA) is 6.48 Å². The Morgan fingerprint density at radius 1 is 1.07 bits per heavy atom. The maximum Gasteiger partial charge on any atom is 0.0227 e. The predicted octanol–water partition coefficient (Wildman–Crippen LogP) is 2.20. The summed E-state index contributed by atoms with van der Waals surface area (Å²) >= 11 is 0. The highest BCUT2D eigenvalue weighted by atomic mass is 15.3. The maximum atomic E-state index is 2.74. The summed E-state index contributed by atoms with van der Waals surface area (Å²) < 4.78 is 0. The summed E-state index contributed by atoms with van der Waals surface area (Å²) in [7, 11) is 2.26. The second kappa shape index (κ2) is 5.72. The van der Waals surface area contributed by atoms with Crippen LogP contribution >= 0.6 is 0 Å². The summed E-state index contributed by atoms with van der Waals surface area (Å²) in [5.41, 5.74) is 0. The first-order valence-electron chi connectivity index (χ1n) is 6.25. The van der Waals surface area contributed by atoms with Gasteiger partial charge in [-0.15, -0.1) is 0 Å². The molecule has 2 heterocycles. The molecule has 0 N–H and O–H groups in total. The number of hydrogen-bond acceptors (Lipinski definition) is 2. The van der Waals surface area contributed by atoms with Crippen molar-refractivity contribution in [2.75, 3.05) is 26.7 Å². The van der Waals surface area contributed by atoms with Gasteiger partial charge in [-0.3, -0.25) is 4.90 Å². The van der Waals surface area contributed by atoms with Crippen LogP contribution in [0.15, 0.2) is 0 Å². The van der Waals surface area contributed by atoms with Gasteiger partial charge in [0.05, 0.1) is 0 Å². The zero-order valence-corrected chi connectivity index (χ0v) is 10.3. The number of fused-ring (bicyclic) bond motifs is 2. The Morgan fingerprint density at radius 2 is 1.57 bits per heavy atom. The molecular weight excluding hydrogens is 172 g/mol. The molecule has 84 valence electrons. The van der Waals surface area contributed by atoms with Crippen LogP contribution in [0, 0.1) is 0 Å². The van der Waals surface area contributed by atoms with Crippen LogP contribution in [0.25, 0.3) is 0 Å². The Balaban J connectivity index is 0.000000461. The molecule has 0 saturated carbocycles. The molecule has 0 aromatic carbocycles. The number of likely N-dealkylation sites (N-methyl/N-ethyl adjacent to an activating group) is 1. The van der Waals surface area contributed by atoms with Crippen LogP contribution in [-0.2, 0) is 0 Å². The molecule has 14 heavy (non-hydrogen) atoms. The molecule has 2 bridgehead atoms. The summed E-state index contributed by atoms with van der Waals surface area (Å²) in [6.45, 7) is 10.2. The van der Waals surface area contributed by atoms with Gasteiger partial charge in [-0.2, -0.15) is 0 Å². The summed E-state index contributed by atoms with van der Waals surface area (Å²) in [5, 5.41) is 0. The van der Waals surface area contributed by atoms with Crippen molar-refractivity contribution in [3.8, 4) is 0 Å². The molecule has 2 atom stereocenters. The molecule has 0 aromatic heterocycles. The predicted molar refractivity (Wildman–Crippen MR) is 62.7 cm³/mol. The Bertz CT molecular complexity index is 144. The highest BCUT2D eigenvalue weighted by Crippen LogP contribution is 2.29. The number of nitrogens with zero attached hydrogens (tertiary/aromatic N) is 2. The SMILES string of the molecule is CC.CCCN1C2CCC1CN(C)C2. The van der Waals surface area contributed by atoms with Gasteiger partial charge >= 0.3 is 0 Å². The molecular formula is C12H26N2. The quantitative estimate of drug-likeness (QED) is 0.671. The maximum absolute atomic E-state index is 2.74. The van der Waals surface area contributed by atoms with E-state index in [9.17, 15) is 0 Å². The third kappa shape index (κ3) is 2.48. The largest absolute Gasteiger partial charge is 0.303 e. The van der Waals surface area contributed by atoms with Gasteiger partial charge in [0.1, 0.15) is 0 Å². The zero-order valence-electron chi connectivity index (χ0n) is 10.3. The molecule has 0 aromatic rings. The first kappa shape index (κ1) is 12.0. The second-order valence-electron chi connectivity index (χ2n) is 4.34. The van der Waals surface area contributed by atoms with E-state index in [0.29, 0.717) is 0 Å². The fourth-order valence-electron chi connectivity index (χ4n) is 2.82. The summed E-state index contributed by atoms with van der Waals surface area (Å²) in [5.74, 6) is 0. The van der Waals surface area contributed by atoms with Gasteiger partial charge < -0.3 is 4.90 Å². The van der Waals surface area contributed by atoms with Crippen molar-refractivity contribution in [1.82, 2.24) is 9.80 Å². The van der Waals surface area contributed by atoms with Crippen LogP contribution in [0.1, 0.15) is 40.0 Å². The third-order valence-corrected chi connectivity index (χ3v) is 3.30. The monoisotopic (exact) mass is 198 g/mol. The molecule has 2 aliphatic rings. The van der Waals surface area contributed by atoms with Crippen molar-refractivity contribution in [2.45, 2.75) is 52.1 Å². The van der Waals surface area contributed by atoms with E-state index in [1.807, 2.05) is 13.8 Å². The molecule has 2 heteroatoms. The fraction of sp³-hybridized carbons (Fsp3) is 1.00. The van der Waals surface area contributed by atoms with Crippen molar-refractivity contribution in [2.24, 2.45) is 0 Å². The molecule has 2 nitrogen and oxygen atoms in total. The van der Waals surface area contributed by atoms with E-state index in [2.05, 4.69) is 23.8 Å². The highest BCUT2D eigenvalue weighted by molar-refractivity contribution is 4.94. The van der Waals surface area contributed by atoms with E-state index < -0.39 is 0 Å². The molecule has 0 aliphatic carbocycles. The average Bonchev–Trinajstić information content (AvgIpc) is 2.46. The lowest BCUT2D eigenvalue weighted by molar-refractivity contribution is 0.0827. The lowest BCUT2D eigenvalue weighted by Crippen LogP contribution is -2.52. The van der Waals surface area contributed by atoms with Crippen LogP contribution in [0.2, 0.25) is 0 Å². The molecule has 2 saturated heterocycles. The third-order valence-electron chi connectivity index (χ3n) is 3.30. The number of likely N-dealkylation sites (tertiary alicyclic amines) is 1. The van der Waals surface area contributed by atoms with Gasteiger partial charge in [0.2, 0.25) is 0 Å². The second-order valence-corrected chi connectivity index (χ2v) is 4.34. The Kier molecular flexibility index (Phi) is 4.90. The van der Waals surface area contributed by atoms with Crippen molar-refractivity contribution in [3.05, 3.63) is 0 Å². The van der Waals surface area contributed by atoms with Crippen LogP contribution < -0.4 is 0 Å². The number of piperazine rings is 1. The summed E-state index contributed by atoms with van der Waals surface area (Å²) in [6.07, 6.45) is 4.20. The van der Waals surface area contributed by atoms with Gasteiger partial charge in [-0.05, 0) is 32.9 Å². The number of rotatable bonds is 2. The standard InChI is InChI=1S/C10H20N2.C2H6/c1-3-6-12-9-4-5-10(12)8-11(2)7-9;1-2/h9-10H,3-8H2,1-2H3;1-2H3. The van der Waals surface area contributed by atoms with Crippen molar-refractivity contribution in [1.29, 1.82) is 0 Å². The lowest BCUT2D eigenvalue weighted by Gasteiger charge is -2.39. The van der Waals surface area contributed by atoms with Gasteiger partial charge in [-0.25, -0.2) is 0 Å². The molecule has 2 unspecified atom stereocenters. The van der Waals surface area contributed by atoms with Crippen molar-refractivity contribution >= 4 is 0 Å². The first-order valence-corrected chi connectivity index (χ1v) is 6.25. The summed E-state index contributed by atoms with van der Waals surface area (Å²) in [4.78, 5) is 5.23. The molecule has 2 aliphatic heterocycles. The van der Waals surface area contributed by atoms with Gasteiger partial charge in [-0.1, -0.05) is 20.8 Å². The van der Waals surface area contributed by atoms with Crippen LogP contribution in [0.5, 0.6) is 0 Å². The average molecular weight is 198 g/mol. The normalized spacial score (nSPS) is 32.6. The Hall–Kier alpha value is -0.0800. The van der Waals surface area contributed by atoms with Crippen LogP contribution in [0.3, 0.4) is 0 Å². The van der Waals surface area contributed by atoms with E-state index in [0.717, 1.165) is 12.1 Å². The van der Waals surface area contributed by atoms with E-state index in [4.69, 9.17) is 0 Å².